The van der Waals surface area contributed by atoms with Gasteiger partial charge in [0.15, 0.2) is 0 Å². The Bertz CT molecular complexity index is 574. The molecular formula is C20H27N. The molecular weight excluding hydrogens is 254 g/mol. The zero-order valence-electron chi connectivity index (χ0n) is 13.6. The second-order valence-corrected chi connectivity index (χ2v) is 6.21. The first-order valence-corrected chi connectivity index (χ1v) is 7.92. The lowest BCUT2D eigenvalue weighted by Gasteiger charge is -2.31. The number of aryl methyl sites for hydroxylation is 2. The van der Waals surface area contributed by atoms with Crippen LogP contribution in [-0.4, -0.2) is 0 Å². The van der Waals surface area contributed by atoms with E-state index in [2.05, 4.69) is 76.2 Å². The molecule has 2 rings (SSSR count). The fourth-order valence-corrected chi connectivity index (χ4v) is 3.13. The van der Waals surface area contributed by atoms with Crippen LogP contribution in [0.25, 0.3) is 0 Å². The molecule has 0 bridgehead atoms. The minimum atomic E-state index is 0.0437. The van der Waals surface area contributed by atoms with Crippen LogP contribution in [0.5, 0.6) is 0 Å². The molecule has 0 saturated heterocycles. The Labute approximate surface area is 129 Å². The first kappa shape index (κ1) is 15.8. The van der Waals surface area contributed by atoms with Crippen LogP contribution >= 0.6 is 0 Å². The predicted molar refractivity (Wildman–Crippen MR) is 91.5 cm³/mol. The average molecular weight is 281 g/mol. The second kappa shape index (κ2) is 6.91. The predicted octanol–water partition coefficient (Wildman–Crippen LogP) is 5.13. The van der Waals surface area contributed by atoms with E-state index in [0.717, 1.165) is 6.42 Å². The lowest BCUT2D eigenvalue weighted by molar-refractivity contribution is 0.387. The molecule has 0 fully saturated rings. The van der Waals surface area contributed by atoms with Crippen molar-refractivity contribution in [1.82, 2.24) is 0 Å². The highest BCUT2D eigenvalue weighted by molar-refractivity contribution is 5.36. The van der Waals surface area contributed by atoms with Crippen molar-refractivity contribution in [3.05, 3.63) is 70.8 Å². The summed E-state index contributed by atoms with van der Waals surface area (Å²) in [7, 11) is 0. The Morgan fingerprint density at radius 3 is 2.29 bits per heavy atom. The average Bonchev–Trinajstić information content (AvgIpc) is 2.50. The van der Waals surface area contributed by atoms with Crippen LogP contribution in [0.3, 0.4) is 0 Å². The molecule has 0 aromatic heterocycles. The van der Waals surface area contributed by atoms with E-state index in [4.69, 9.17) is 5.73 Å². The van der Waals surface area contributed by atoms with Gasteiger partial charge in [-0.2, -0.15) is 0 Å². The first-order chi connectivity index (χ1) is 10.0. The molecule has 2 aromatic rings. The van der Waals surface area contributed by atoms with Crippen LogP contribution < -0.4 is 5.73 Å². The van der Waals surface area contributed by atoms with Gasteiger partial charge in [0.05, 0.1) is 0 Å². The van der Waals surface area contributed by atoms with Gasteiger partial charge in [0, 0.05) is 12.0 Å². The Kier molecular flexibility index (Phi) is 5.19. The lowest BCUT2D eigenvalue weighted by atomic mass is 9.77. The quantitative estimate of drug-likeness (QED) is 0.807. The van der Waals surface area contributed by atoms with E-state index < -0.39 is 0 Å². The van der Waals surface area contributed by atoms with Crippen molar-refractivity contribution in [3.63, 3.8) is 0 Å². The molecule has 2 aromatic carbocycles. The number of benzene rings is 2. The molecule has 0 aliphatic carbocycles. The van der Waals surface area contributed by atoms with Gasteiger partial charge in [-0.25, -0.2) is 0 Å². The van der Waals surface area contributed by atoms with Crippen LogP contribution in [0.2, 0.25) is 0 Å². The Morgan fingerprint density at radius 1 is 1.00 bits per heavy atom. The maximum atomic E-state index is 6.72. The van der Waals surface area contributed by atoms with E-state index in [-0.39, 0.29) is 6.04 Å². The summed E-state index contributed by atoms with van der Waals surface area (Å²) in [6.45, 7) is 8.85. The molecule has 1 heteroatoms. The summed E-state index contributed by atoms with van der Waals surface area (Å²) in [6.07, 6.45) is 1.14. The Hall–Kier alpha value is -1.60. The van der Waals surface area contributed by atoms with Gasteiger partial charge in [0.25, 0.3) is 0 Å². The molecule has 0 spiro atoms. The third-order valence-electron chi connectivity index (χ3n) is 4.62. The van der Waals surface area contributed by atoms with Crippen LogP contribution in [-0.2, 0) is 0 Å². The van der Waals surface area contributed by atoms with Gasteiger partial charge in [-0.1, -0.05) is 74.4 Å². The summed E-state index contributed by atoms with van der Waals surface area (Å²) in [6, 6.07) is 17.3. The summed E-state index contributed by atoms with van der Waals surface area (Å²) in [4.78, 5) is 0. The highest BCUT2D eigenvalue weighted by Gasteiger charge is 2.26. The fourth-order valence-electron chi connectivity index (χ4n) is 3.13. The van der Waals surface area contributed by atoms with Gasteiger partial charge in [-0.15, -0.1) is 0 Å². The smallest absolute Gasteiger partial charge is 0.0369 e. The van der Waals surface area contributed by atoms with E-state index in [1.165, 1.54) is 22.3 Å². The number of hydrogen-bond acceptors (Lipinski definition) is 1. The molecule has 112 valence electrons. The Balaban J connectivity index is 2.43. The van der Waals surface area contributed by atoms with Gasteiger partial charge in [0.2, 0.25) is 0 Å². The molecule has 3 unspecified atom stereocenters. The molecule has 3 atom stereocenters. The van der Waals surface area contributed by atoms with Crippen LogP contribution in [0.4, 0.5) is 0 Å². The summed E-state index contributed by atoms with van der Waals surface area (Å²) < 4.78 is 0. The minimum Gasteiger partial charge on any atom is -0.323 e. The van der Waals surface area contributed by atoms with E-state index in [0.29, 0.717) is 11.8 Å². The first-order valence-electron chi connectivity index (χ1n) is 7.92. The Morgan fingerprint density at radius 2 is 1.67 bits per heavy atom. The van der Waals surface area contributed by atoms with E-state index in [9.17, 15) is 0 Å². The van der Waals surface area contributed by atoms with Crippen molar-refractivity contribution in [3.8, 4) is 0 Å². The summed E-state index contributed by atoms with van der Waals surface area (Å²) in [5.41, 5.74) is 11.9. The maximum Gasteiger partial charge on any atom is 0.0369 e. The number of rotatable bonds is 5. The second-order valence-electron chi connectivity index (χ2n) is 6.21. The number of hydrogen-bond donors (Lipinski definition) is 1. The van der Waals surface area contributed by atoms with Gasteiger partial charge < -0.3 is 5.73 Å². The molecule has 2 N–H and O–H groups in total. The third-order valence-corrected chi connectivity index (χ3v) is 4.62. The normalized spacial score (nSPS) is 15.5. The third kappa shape index (κ3) is 3.54. The molecule has 0 amide bonds. The van der Waals surface area contributed by atoms with Crippen LogP contribution in [0.15, 0.2) is 48.5 Å². The van der Waals surface area contributed by atoms with E-state index in [1.807, 2.05) is 0 Å². The highest BCUT2D eigenvalue weighted by atomic mass is 14.7. The van der Waals surface area contributed by atoms with Crippen molar-refractivity contribution in [2.24, 2.45) is 11.7 Å². The van der Waals surface area contributed by atoms with Crippen molar-refractivity contribution in [2.75, 3.05) is 0 Å². The van der Waals surface area contributed by atoms with Gasteiger partial charge in [-0.3, -0.25) is 0 Å². The zero-order chi connectivity index (χ0) is 15.4. The van der Waals surface area contributed by atoms with Crippen molar-refractivity contribution < 1.29 is 0 Å². The largest absolute Gasteiger partial charge is 0.323 e. The minimum absolute atomic E-state index is 0.0437. The fraction of sp³-hybridized carbons (Fsp3) is 0.400. The molecule has 0 saturated carbocycles. The monoisotopic (exact) mass is 281 g/mol. The van der Waals surface area contributed by atoms with E-state index >= 15 is 0 Å². The standard InChI is InChI=1S/C20H27N/c1-5-15(3)19(17-9-7-6-8-10-17)20(21)18-13-14(2)11-12-16(18)4/h6-13,15,19-20H,5,21H2,1-4H3. The van der Waals surface area contributed by atoms with Crippen molar-refractivity contribution >= 4 is 0 Å². The summed E-state index contributed by atoms with van der Waals surface area (Å²) >= 11 is 0. The topological polar surface area (TPSA) is 26.0 Å². The van der Waals surface area contributed by atoms with Crippen LogP contribution in [0, 0.1) is 19.8 Å². The molecule has 1 nitrogen and oxygen atoms in total. The highest BCUT2D eigenvalue weighted by Crippen LogP contribution is 2.38. The lowest BCUT2D eigenvalue weighted by Crippen LogP contribution is -2.25. The van der Waals surface area contributed by atoms with Crippen molar-refractivity contribution in [2.45, 2.75) is 46.1 Å². The van der Waals surface area contributed by atoms with Gasteiger partial charge in [-0.05, 0) is 36.5 Å². The zero-order valence-corrected chi connectivity index (χ0v) is 13.6. The molecule has 21 heavy (non-hydrogen) atoms. The number of nitrogens with two attached hydrogens (primary N) is 1. The molecule has 0 aliphatic heterocycles. The van der Waals surface area contributed by atoms with Gasteiger partial charge >= 0.3 is 0 Å². The molecule has 0 heterocycles. The summed E-state index contributed by atoms with van der Waals surface area (Å²) in [5.74, 6) is 0.916. The van der Waals surface area contributed by atoms with Crippen LogP contribution in [0.1, 0.15) is 54.5 Å². The summed E-state index contributed by atoms with van der Waals surface area (Å²) in [5, 5.41) is 0. The SMILES string of the molecule is CCC(C)C(c1ccccc1)C(N)c1cc(C)ccc1C. The molecule has 0 aliphatic rings. The molecule has 0 radical (unpaired) electrons. The van der Waals surface area contributed by atoms with E-state index in [1.54, 1.807) is 0 Å². The van der Waals surface area contributed by atoms with Crippen molar-refractivity contribution in [1.29, 1.82) is 0 Å². The maximum absolute atomic E-state index is 6.72. The van der Waals surface area contributed by atoms with Gasteiger partial charge in [0.1, 0.15) is 0 Å².